The molecule has 3 nitrogen and oxygen atoms in total. The van der Waals surface area contributed by atoms with E-state index in [1.807, 2.05) is 0 Å². The zero-order chi connectivity index (χ0) is 11.4. The molecule has 0 spiro atoms. The van der Waals surface area contributed by atoms with Crippen molar-refractivity contribution < 1.29 is 9.52 Å². The van der Waals surface area contributed by atoms with Gasteiger partial charge in [0.15, 0.2) is 0 Å². The zero-order valence-corrected chi connectivity index (χ0v) is 9.64. The Balaban J connectivity index is 1.84. The molecule has 1 aromatic rings. The summed E-state index contributed by atoms with van der Waals surface area (Å²) in [5, 5.41) is 9.99. The summed E-state index contributed by atoms with van der Waals surface area (Å²) in [5.74, 6) is 1.27. The van der Waals surface area contributed by atoms with Crippen LogP contribution in [0.1, 0.15) is 50.4 Å². The minimum absolute atomic E-state index is 0.200. The third-order valence-electron chi connectivity index (χ3n) is 3.57. The highest BCUT2D eigenvalue weighted by Gasteiger charge is 2.24. The van der Waals surface area contributed by atoms with Crippen molar-refractivity contribution in [2.24, 2.45) is 11.7 Å². The molecule has 3 N–H and O–H groups in total. The van der Waals surface area contributed by atoms with Crippen LogP contribution >= 0.6 is 0 Å². The van der Waals surface area contributed by atoms with E-state index in [4.69, 9.17) is 10.2 Å². The van der Waals surface area contributed by atoms with E-state index in [1.54, 1.807) is 18.4 Å². The molecule has 0 amide bonds. The van der Waals surface area contributed by atoms with E-state index in [0.29, 0.717) is 11.7 Å². The molecule has 1 saturated carbocycles. The van der Waals surface area contributed by atoms with Gasteiger partial charge in [-0.05, 0) is 24.5 Å². The van der Waals surface area contributed by atoms with E-state index in [2.05, 4.69) is 0 Å². The molecule has 1 heterocycles. The fourth-order valence-electron chi connectivity index (χ4n) is 2.61. The van der Waals surface area contributed by atoms with Crippen LogP contribution in [-0.4, -0.2) is 11.1 Å². The van der Waals surface area contributed by atoms with Gasteiger partial charge in [-0.1, -0.05) is 32.1 Å². The minimum atomic E-state index is -0.656. The van der Waals surface area contributed by atoms with Gasteiger partial charge in [-0.2, -0.15) is 0 Å². The molecule has 0 bridgehead atoms. The second-order valence-electron chi connectivity index (χ2n) is 4.86. The molecule has 3 heteroatoms. The molecule has 0 radical (unpaired) electrons. The molecule has 0 saturated heterocycles. The molecule has 0 aromatic carbocycles. The van der Waals surface area contributed by atoms with Gasteiger partial charge in [-0.3, -0.25) is 0 Å². The maximum Gasteiger partial charge on any atom is 0.133 e. The molecule has 1 aliphatic carbocycles. The average Bonchev–Trinajstić information content (AvgIpc) is 2.83. The number of furan rings is 1. The Hall–Kier alpha value is -0.800. The standard InChI is InChI=1S/C13H21NO2/c14-11(9-10-5-2-1-3-6-10)13(15)12-7-4-8-16-12/h4,7-8,10-11,13,15H,1-3,5-6,9,14H2/t11-,13+/m0/s1. The maximum atomic E-state index is 9.99. The zero-order valence-electron chi connectivity index (χ0n) is 9.64. The van der Waals surface area contributed by atoms with E-state index in [1.165, 1.54) is 32.1 Å². The minimum Gasteiger partial charge on any atom is -0.467 e. The van der Waals surface area contributed by atoms with Gasteiger partial charge in [-0.25, -0.2) is 0 Å². The number of rotatable bonds is 4. The summed E-state index contributed by atoms with van der Waals surface area (Å²) < 4.78 is 5.18. The van der Waals surface area contributed by atoms with Crippen molar-refractivity contribution in [3.05, 3.63) is 24.2 Å². The molecular formula is C13H21NO2. The van der Waals surface area contributed by atoms with Crippen LogP contribution in [0.5, 0.6) is 0 Å². The van der Waals surface area contributed by atoms with Gasteiger partial charge >= 0.3 is 0 Å². The normalized spacial score (nSPS) is 21.9. The number of hydrogen-bond donors (Lipinski definition) is 2. The van der Waals surface area contributed by atoms with Crippen LogP contribution in [0.15, 0.2) is 22.8 Å². The van der Waals surface area contributed by atoms with Crippen molar-refractivity contribution in [1.82, 2.24) is 0 Å². The first-order valence-electron chi connectivity index (χ1n) is 6.24. The molecule has 2 rings (SSSR count). The SMILES string of the molecule is N[C@@H](CC1CCCCC1)[C@@H](O)c1ccco1. The summed E-state index contributed by atoms with van der Waals surface area (Å²) in [7, 11) is 0. The van der Waals surface area contributed by atoms with E-state index in [9.17, 15) is 5.11 Å². The van der Waals surface area contributed by atoms with Gasteiger partial charge in [0.05, 0.1) is 6.26 Å². The van der Waals surface area contributed by atoms with E-state index >= 15 is 0 Å². The smallest absolute Gasteiger partial charge is 0.133 e. The molecule has 1 fully saturated rings. The van der Waals surface area contributed by atoms with Gasteiger partial charge < -0.3 is 15.3 Å². The Morgan fingerprint density at radius 3 is 2.75 bits per heavy atom. The van der Waals surface area contributed by atoms with Crippen LogP contribution in [0.3, 0.4) is 0 Å². The van der Waals surface area contributed by atoms with Crippen molar-refractivity contribution in [3.8, 4) is 0 Å². The lowest BCUT2D eigenvalue weighted by Crippen LogP contribution is -2.31. The van der Waals surface area contributed by atoms with Gasteiger partial charge in [-0.15, -0.1) is 0 Å². The van der Waals surface area contributed by atoms with Gasteiger partial charge in [0.1, 0.15) is 11.9 Å². The lowest BCUT2D eigenvalue weighted by molar-refractivity contribution is 0.106. The van der Waals surface area contributed by atoms with Gasteiger partial charge in [0, 0.05) is 6.04 Å². The fourth-order valence-corrected chi connectivity index (χ4v) is 2.61. The first kappa shape index (κ1) is 11.7. The second-order valence-corrected chi connectivity index (χ2v) is 4.86. The quantitative estimate of drug-likeness (QED) is 0.824. The second kappa shape index (κ2) is 5.51. The van der Waals surface area contributed by atoms with Crippen LogP contribution in [0.4, 0.5) is 0 Å². The average molecular weight is 223 g/mol. The van der Waals surface area contributed by atoms with Crippen molar-refractivity contribution in [3.63, 3.8) is 0 Å². The summed E-state index contributed by atoms with van der Waals surface area (Å²) in [5.41, 5.74) is 6.03. The highest BCUT2D eigenvalue weighted by atomic mass is 16.4. The monoisotopic (exact) mass is 223 g/mol. The third kappa shape index (κ3) is 2.86. The maximum absolute atomic E-state index is 9.99. The van der Waals surface area contributed by atoms with E-state index in [0.717, 1.165) is 6.42 Å². The number of nitrogens with two attached hydrogens (primary N) is 1. The third-order valence-corrected chi connectivity index (χ3v) is 3.57. The van der Waals surface area contributed by atoms with Crippen LogP contribution in [0.2, 0.25) is 0 Å². The van der Waals surface area contributed by atoms with E-state index in [-0.39, 0.29) is 6.04 Å². The van der Waals surface area contributed by atoms with Crippen molar-refractivity contribution in [2.45, 2.75) is 50.7 Å². The summed E-state index contributed by atoms with van der Waals surface area (Å²) >= 11 is 0. The number of aliphatic hydroxyl groups excluding tert-OH is 1. The predicted molar refractivity (Wildman–Crippen MR) is 62.8 cm³/mol. The molecule has 0 unspecified atom stereocenters. The summed E-state index contributed by atoms with van der Waals surface area (Å²) in [6.45, 7) is 0. The van der Waals surface area contributed by atoms with Crippen molar-refractivity contribution in [2.75, 3.05) is 0 Å². The Labute approximate surface area is 96.6 Å². The van der Waals surface area contributed by atoms with Crippen LogP contribution < -0.4 is 5.73 Å². The highest BCUT2D eigenvalue weighted by molar-refractivity contribution is 5.04. The Kier molecular flexibility index (Phi) is 4.02. The lowest BCUT2D eigenvalue weighted by Gasteiger charge is -2.26. The molecular weight excluding hydrogens is 202 g/mol. The Bertz CT molecular complexity index is 291. The lowest BCUT2D eigenvalue weighted by atomic mass is 9.84. The van der Waals surface area contributed by atoms with Gasteiger partial charge in [0.2, 0.25) is 0 Å². The predicted octanol–water partition coefficient (Wildman–Crippen LogP) is 2.61. The van der Waals surface area contributed by atoms with Crippen molar-refractivity contribution in [1.29, 1.82) is 0 Å². The molecule has 0 aliphatic heterocycles. The van der Waals surface area contributed by atoms with E-state index < -0.39 is 6.10 Å². The first-order valence-corrected chi connectivity index (χ1v) is 6.24. The summed E-state index contributed by atoms with van der Waals surface area (Å²) in [4.78, 5) is 0. The summed E-state index contributed by atoms with van der Waals surface area (Å²) in [6.07, 6.45) is 8.33. The largest absolute Gasteiger partial charge is 0.467 e. The molecule has 1 aliphatic rings. The summed E-state index contributed by atoms with van der Waals surface area (Å²) in [6, 6.07) is 3.37. The Morgan fingerprint density at radius 2 is 2.12 bits per heavy atom. The number of aliphatic hydroxyl groups is 1. The molecule has 1 aromatic heterocycles. The fraction of sp³-hybridized carbons (Fsp3) is 0.692. The molecule has 16 heavy (non-hydrogen) atoms. The van der Waals surface area contributed by atoms with Gasteiger partial charge in [0.25, 0.3) is 0 Å². The number of hydrogen-bond acceptors (Lipinski definition) is 3. The molecule has 90 valence electrons. The van der Waals surface area contributed by atoms with Crippen LogP contribution in [-0.2, 0) is 0 Å². The van der Waals surface area contributed by atoms with Crippen LogP contribution in [0, 0.1) is 5.92 Å². The highest BCUT2D eigenvalue weighted by Crippen LogP contribution is 2.29. The topological polar surface area (TPSA) is 59.4 Å². The Morgan fingerprint density at radius 1 is 1.38 bits per heavy atom. The van der Waals surface area contributed by atoms with Crippen LogP contribution in [0.25, 0.3) is 0 Å². The van der Waals surface area contributed by atoms with Crippen molar-refractivity contribution >= 4 is 0 Å². The molecule has 2 atom stereocenters. The first-order chi connectivity index (χ1) is 7.77.